The van der Waals surface area contributed by atoms with Crippen LogP contribution in [0.25, 0.3) is 0 Å². The molecule has 0 saturated heterocycles. The monoisotopic (exact) mass is 282 g/mol. The first-order chi connectivity index (χ1) is 10.2. The van der Waals surface area contributed by atoms with Gasteiger partial charge >= 0.3 is 0 Å². The summed E-state index contributed by atoms with van der Waals surface area (Å²) in [5, 5.41) is 3.03. The van der Waals surface area contributed by atoms with E-state index in [0.29, 0.717) is 13.0 Å². The Morgan fingerprint density at radius 2 is 2.10 bits per heavy atom. The van der Waals surface area contributed by atoms with E-state index in [2.05, 4.69) is 20.3 Å². The highest BCUT2D eigenvalue weighted by Gasteiger charge is 2.51. The van der Waals surface area contributed by atoms with E-state index >= 15 is 0 Å². The average Bonchev–Trinajstić information content (AvgIpc) is 3.32. The lowest BCUT2D eigenvalue weighted by atomic mass is 9.97. The van der Waals surface area contributed by atoms with Gasteiger partial charge in [0.05, 0.1) is 16.8 Å². The van der Waals surface area contributed by atoms with Crippen LogP contribution in [0.2, 0.25) is 0 Å². The van der Waals surface area contributed by atoms with E-state index in [9.17, 15) is 4.79 Å². The maximum absolute atomic E-state index is 12.4. The van der Waals surface area contributed by atoms with Crippen LogP contribution < -0.4 is 5.32 Å². The maximum atomic E-state index is 12.4. The smallest absolute Gasteiger partial charge is 0.230 e. The molecule has 1 amide bonds. The summed E-state index contributed by atoms with van der Waals surface area (Å²) in [5.41, 5.74) is 2.51. The molecule has 1 aliphatic carbocycles. The Hall–Kier alpha value is -2.30. The number of pyridine rings is 1. The number of carbonyl (C=O) groups is 1. The van der Waals surface area contributed by atoms with E-state index in [0.717, 1.165) is 29.8 Å². The molecule has 0 radical (unpaired) electrons. The van der Waals surface area contributed by atoms with Crippen LogP contribution in [0, 0.1) is 6.92 Å². The van der Waals surface area contributed by atoms with Gasteiger partial charge in [-0.1, -0.05) is 6.07 Å². The van der Waals surface area contributed by atoms with Gasteiger partial charge in [-0.15, -0.1) is 0 Å². The molecule has 1 fully saturated rings. The number of rotatable bonds is 5. The SMILES string of the molecule is Cc1nccnc1CCNC(=O)C1(c2cccnc2)CC1. The highest BCUT2D eigenvalue weighted by Crippen LogP contribution is 2.48. The van der Waals surface area contributed by atoms with Crippen LogP contribution >= 0.6 is 0 Å². The molecule has 1 aliphatic rings. The summed E-state index contributed by atoms with van der Waals surface area (Å²) >= 11 is 0. The van der Waals surface area contributed by atoms with E-state index in [1.807, 2.05) is 19.1 Å². The predicted octanol–water partition coefficient (Wildman–Crippen LogP) is 1.57. The van der Waals surface area contributed by atoms with Crippen LogP contribution in [0.4, 0.5) is 0 Å². The molecule has 108 valence electrons. The summed E-state index contributed by atoms with van der Waals surface area (Å²) in [4.78, 5) is 25.0. The van der Waals surface area contributed by atoms with E-state index in [-0.39, 0.29) is 11.3 Å². The minimum atomic E-state index is -0.355. The Kier molecular flexibility index (Phi) is 3.64. The molecule has 21 heavy (non-hydrogen) atoms. The largest absolute Gasteiger partial charge is 0.355 e. The van der Waals surface area contributed by atoms with Gasteiger partial charge in [0.1, 0.15) is 0 Å². The standard InChI is InChI=1S/C16H18N4O/c1-12-14(19-10-9-18-12)4-8-20-15(21)16(5-6-16)13-3-2-7-17-11-13/h2-3,7,9-11H,4-6,8H2,1H3,(H,20,21). The van der Waals surface area contributed by atoms with Crippen molar-refractivity contribution in [2.24, 2.45) is 0 Å². The molecule has 0 unspecified atom stereocenters. The second-order valence-corrected chi connectivity index (χ2v) is 5.42. The molecule has 5 heteroatoms. The summed E-state index contributed by atoms with van der Waals surface area (Å²) < 4.78 is 0. The van der Waals surface area contributed by atoms with Gasteiger partial charge in [0.2, 0.25) is 5.91 Å². The summed E-state index contributed by atoms with van der Waals surface area (Å²) in [6, 6.07) is 3.86. The van der Waals surface area contributed by atoms with E-state index < -0.39 is 0 Å². The molecular formula is C16H18N4O. The molecule has 3 rings (SSSR count). The average molecular weight is 282 g/mol. The minimum Gasteiger partial charge on any atom is -0.355 e. The molecule has 0 atom stereocenters. The van der Waals surface area contributed by atoms with Crippen molar-refractivity contribution >= 4 is 5.91 Å². The topological polar surface area (TPSA) is 67.8 Å². The first-order valence-electron chi connectivity index (χ1n) is 7.18. The zero-order valence-electron chi connectivity index (χ0n) is 12.0. The van der Waals surface area contributed by atoms with Gasteiger partial charge in [0.15, 0.2) is 0 Å². The predicted molar refractivity (Wildman–Crippen MR) is 78.6 cm³/mol. The molecule has 5 nitrogen and oxygen atoms in total. The zero-order valence-corrected chi connectivity index (χ0v) is 12.0. The highest BCUT2D eigenvalue weighted by atomic mass is 16.2. The zero-order chi connectivity index (χ0) is 14.7. The van der Waals surface area contributed by atoms with Crippen LogP contribution in [0.15, 0.2) is 36.9 Å². The van der Waals surface area contributed by atoms with Crippen molar-refractivity contribution in [3.05, 3.63) is 53.9 Å². The Balaban J connectivity index is 1.59. The quantitative estimate of drug-likeness (QED) is 0.904. The van der Waals surface area contributed by atoms with Crippen molar-refractivity contribution in [2.75, 3.05) is 6.54 Å². The summed E-state index contributed by atoms with van der Waals surface area (Å²) in [5.74, 6) is 0.0945. The molecular weight excluding hydrogens is 264 g/mol. The molecule has 0 spiro atoms. The number of nitrogens with one attached hydrogen (secondary N) is 1. The second-order valence-electron chi connectivity index (χ2n) is 5.42. The maximum Gasteiger partial charge on any atom is 0.230 e. The molecule has 2 aromatic heterocycles. The fraction of sp³-hybridized carbons (Fsp3) is 0.375. The third kappa shape index (κ3) is 2.77. The Morgan fingerprint density at radius 3 is 2.76 bits per heavy atom. The lowest BCUT2D eigenvalue weighted by Crippen LogP contribution is -2.36. The Labute approximate surface area is 123 Å². The molecule has 1 N–H and O–H groups in total. The Bertz CT molecular complexity index is 638. The molecule has 0 bridgehead atoms. The van der Waals surface area contributed by atoms with Crippen LogP contribution in [-0.4, -0.2) is 27.4 Å². The lowest BCUT2D eigenvalue weighted by molar-refractivity contribution is -0.123. The summed E-state index contributed by atoms with van der Waals surface area (Å²) in [6.07, 6.45) is 9.38. The fourth-order valence-electron chi connectivity index (χ4n) is 2.56. The van der Waals surface area contributed by atoms with Crippen molar-refractivity contribution in [3.8, 4) is 0 Å². The van der Waals surface area contributed by atoms with Crippen molar-refractivity contribution in [1.29, 1.82) is 0 Å². The first kappa shape index (κ1) is 13.7. The van der Waals surface area contributed by atoms with E-state index in [1.54, 1.807) is 24.8 Å². The normalized spacial score (nSPS) is 15.5. The van der Waals surface area contributed by atoms with Gasteiger partial charge in [-0.2, -0.15) is 0 Å². The first-order valence-corrected chi connectivity index (χ1v) is 7.18. The van der Waals surface area contributed by atoms with Crippen LogP contribution in [0.1, 0.15) is 29.8 Å². The van der Waals surface area contributed by atoms with Gasteiger partial charge in [0.25, 0.3) is 0 Å². The van der Waals surface area contributed by atoms with Crippen LogP contribution in [-0.2, 0) is 16.6 Å². The van der Waals surface area contributed by atoms with Gasteiger partial charge in [0, 0.05) is 37.8 Å². The third-order valence-electron chi connectivity index (χ3n) is 4.03. The summed E-state index contributed by atoms with van der Waals surface area (Å²) in [7, 11) is 0. The molecule has 2 heterocycles. The summed E-state index contributed by atoms with van der Waals surface area (Å²) in [6.45, 7) is 2.52. The fourth-order valence-corrected chi connectivity index (χ4v) is 2.56. The van der Waals surface area contributed by atoms with Gasteiger partial charge in [-0.3, -0.25) is 19.7 Å². The number of aryl methyl sites for hydroxylation is 1. The van der Waals surface area contributed by atoms with E-state index in [4.69, 9.17) is 0 Å². The van der Waals surface area contributed by atoms with Gasteiger partial charge in [-0.25, -0.2) is 0 Å². The molecule has 2 aromatic rings. The number of aromatic nitrogens is 3. The third-order valence-corrected chi connectivity index (χ3v) is 4.03. The van der Waals surface area contributed by atoms with Crippen molar-refractivity contribution in [3.63, 3.8) is 0 Å². The lowest BCUT2D eigenvalue weighted by Gasteiger charge is -2.15. The number of amides is 1. The molecule has 0 aliphatic heterocycles. The van der Waals surface area contributed by atoms with Gasteiger partial charge < -0.3 is 5.32 Å². The van der Waals surface area contributed by atoms with Crippen molar-refractivity contribution < 1.29 is 4.79 Å². The van der Waals surface area contributed by atoms with E-state index in [1.165, 1.54) is 0 Å². The number of nitrogens with zero attached hydrogens (tertiary/aromatic N) is 3. The molecule has 0 aromatic carbocycles. The highest BCUT2D eigenvalue weighted by molar-refractivity contribution is 5.91. The van der Waals surface area contributed by atoms with Gasteiger partial charge in [-0.05, 0) is 31.4 Å². The number of hydrogen-bond acceptors (Lipinski definition) is 4. The number of carbonyl (C=O) groups excluding carboxylic acids is 1. The van der Waals surface area contributed by atoms with Crippen molar-refractivity contribution in [1.82, 2.24) is 20.3 Å². The van der Waals surface area contributed by atoms with Crippen LogP contribution in [0.3, 0.4) is 0 Å². The minimum absolute atomic E-state index is 0.0945. The van der Waals surface area contributed by atoms with Crippen LogP contribution in [0.5, 0.6) is 0 Å². The number of hydrogen-bond donors (Lipinski definition) is 1. The molecule has 1 saturated carbocycles. The Morgan fingerprint density at radius 1 is 1.29 bits per heavy atom. The second kappa shape index (κ2) is 5.60. The van der Waals surface area contributed by atoms with Crippen molar-refractivity contribution in [2.45, 2.75) is 31.6 Å².